The van der Waals surface area contributed by atoms with Gasteiger partial charge in [-0.15, -0.1) is 0 Å². The predicted molar refractivity (Wildman–Crippen MR) is 157 cm³/mol. The van der Waals surface area contributed by atoms with Gasteiger partial charge in [-0.1, -0.05) is 48.9 Å². The van der Waals surface area contributed by atoms with E-state index in [1.165, 1.54) is 24.8 Å². The summed E-state index contributed by atoms with van der Waals surface area (Å²) in [6.07, 6.45) is 6.38. The van der Waals surface area contributed by atoms with E-state index in [0.29, 0.717) is 24.5 Å². The van der Waals surface area contributed by atoms with Gasteiger partial charge in [0.15, 0.2) is 0 Å². The molecule has 0 aliphatic carbocycles. The first kappa shape index (κ1) is 27.4. The van der Waals surface area contributed by atoms with E-state index in [0.717, 1.165) is 54.6 Å². The maximum atomic E-state index is 13.5. The normalized spacial score (nSPS) is 22.2. The molecule has 0 spiro atoms. The van der Waals surface area contributed by atoms with Crippen LogP contribution in [0.1, 0.15) is 62.1 Å². The predicted octanol–water partition coefficient (Wildman–Crippen LogP) is 5.05. The standard InChI is InChI=1S/C32H39N3O4S/c36-28(21-27-9-6-17-35(27)40(37,38)29-12-11-25-7-2-3-8-26(25)20-29)22-33-31-14-18-39-32-19-24(10-13-30(31)32)23-34-15-4-1-5-16-34/h2-3,7-8,10-13,19-20,27,31,33H,1,4-6,9,14-18,21-23H2/t27-,31+/m0/s1. The van der Waals surface area contributed by atoms with Gasteiger partial charge in [-0.3, -0.25) is 9.69 Å². The first-order valence-corrected chi connectivity index (χ1v) is 16.1. The van der Waals surface area contributed by atoms with Crippen LogP contribution in [0.3, 0.4) is 0 Å². The number of fused-ring (bicyclic) bond motifs is 2. The highest BCUT2D eigenvalue weighted by Gasteiger charge is 2.36. The van der Waals surface area contributed by atoms with E-state index in [9.17, 15) is 13.2 Å². The van der Waals surface area contributed by atoms with E-state index in [4.69, 9.17) is 4.74 Å². The van der Waals surface area contributed by atoms with Gasteiger partial charge in [0, 0.05) is 43.6 Å². The summed E-state index contributed by atoms with van der Waals surface area (Å²) < 4.78 is 34.6. The third-order valence-corrected chi connectivity index (χ3v) is 10.6. The van der Waals surface area contributed by atoms with Crippen molar-refractivity contribution in [1.29, 1.82) is 0 Å². The van der Waals surface area contributed by atoms with Gasteiger partial charge in [0.1, 0.15) is 11.5 Å². The first-order chi connectivity index (χ1) is 19.5. The number of ketones is 1. The number of ether oxygens (including phenoxy) is 1. The third-order valence-electron chi connectivity index (χ3n) is 8.63. The molecule has 0 saturated carbocycles. The summed E-state index contributed by atoms with van der Waals surface area (Å²) in [5.41, 5.74) is 2.37. The van der Waals surface area contributed by atoms with Crippen molar-refractivity contribution < 1.29 is 17.9 Å². The van der Waals surface area contributed by atoms with Crippen LogP contribution >= 0.6 is 0 Å². The van der Waals surface area contributed by atoms with Gasteiger partial charge in [0.25, 0.3) is 0 Å². The second-order valence-corrected chi connectivity index (χ2v) is 13.3. The van der Waals surface area contributed by atoms with E-state index in [1.54, 1.807) is 16.4 Å². The zero-order valence-corrected chi connectivity index (χ0v) is 23.9. The molecule has 1 N–H and O–H groups in total. The molecule has 212 valence electrons. The van der Waals surface area contributed by atoms with Crippen LogP contribution in [0.4, 0.5) is 0 Å². The summed E-state index contributed by atoms with van der Waals surface area (Å²) in [4.78, 5) is 15.9. The lowest BCUT2D eigenvalue weighted by atomic mass is 9.98. The molecule has 40 heavy (non-hydrogen) atoms. The van der Waals surface area contributed by atoms with E-state index in [2.05, 4.69) is 28.4 Å². The SMILES string of the molecule is O=C(CN[C@@H]1CCOc2cc(CN3CCCCC3)ccc21)C[C@@H]1CCCN1S(=O)(=O)c1ccc2ccccc2c1. The number of benzene rings is 3. The van der Waals surface area contributed by atoms with Crippen LogP contribution in [0.5, 0.6) is 5.75 Å². The average Bonchev–Trinajstić information content (AvgIpc) is 3.45. The lowest BCUT2D eigenvalue weighted by molar-refractivity contribution is -0.119. The summed E-state index contributed by atoms with van der Waals surface area (Å²) in [6.45, 7) is 4.56. The molecule has 2 atom stereocenters. The second kappa shape index (κ2) is 12.0. The third kappa shape index (κ3) is 5.96. The van der Waals surface area contributed by atoms with E-state index < -0.39 is 10.0 Å². The Morgan fingerprint density at radius 1 is 0.900 bits per heavy atom. The largest absolute Gasteiger partial charge is 0.493 e. The Labute approximate surface area is 237 Å². The topological polar surface area (TPSA) is 79.0 Å². The van der Waals surface area contributed by atoms with Crippen molar-refractivity contribution in [2.24, 2.45) is 0 Å². The molecule has 3 aromatic carbocycles. The molecule has 2 saturated heterocycles. The summed E-state index contributed by atoms with van der Waals surface area (Å²) in [6, 6.07) is 19.3. The van der Waals surface area contributed by atoms with Gasteiger partial charge in [-0.25, -0.2) is 8.42 Å². The Morgan fingerprint density at radius 3 is 2.58 bits per heavy atom. The lowest BCUT2D eigenvalue weighted by Gasteiger charge is -2.29. The number of carbonyl (C=O) groups excluding carboxylic acids is 1. The Morgan fingerprint density at radius 2 is 1.73 bits per heavy atom. The molecule has 6 rings (SSSR count). The summed E-state index contributed by atoms with van der Waals surface area (Å²) >= 11 is 0. The van der Waals surface area contributed by atoms with Crippen molar-refractivity contribution in [2.75, 3.05) is 32.8 Å². The van der Waals surface area contributed by atoms with Crippen molar-refractivity contribution in [1.82, 2.24) is 14.5 Å². The Kier molecular flexibility index (Phi) is 8.21. The van der Waals surface area contributed by atoms with Crippen LogP contribution in [0.2, 0.25) is 0 Å². The maximum absolute atomic E-state index is 13.5. The van der Waals surface area contributed by atoms with E-state index in [1.807, 2.05) is 30.3 Å². The zero-order valence-electron chi connectivity index (χ0n) is 23.1. The van der Waals surface area contributed by atoms with Crippen LogP contribution < -0.4 is 10.1 Å². The van der Waals surface area contributed by atoms with Gasteiger partial charge in [-0.2, -0.15) is 4.31 Å². The molecule has 8 heteroatoms. The van der Waals surface area contributed by atoms with Crippen LogP contribution in [0.15, 0.2) is 65.6 Å². The smallest absolute Gasteiger partial charge is 0.243 e. The van der Waals surface area contributed by atoms with Crippen LogP contribution in [-0.4, -0.2) is 62.2 Å². The van der Waals surface area contributed by atoms with Gasteiger partial charge in [0.2, 0.25) is 10.0 Å². The fourth-order valence-electron chi connectivity index (χ4n) is 6.48. The molecule has 7 nitrogen and oxygen atoms in total. The minimum absolute atomic E-state index is 0.0420. The number of hydrogen-bond acceptors (Lipinski definition) is 6. The van der Waals surface area contributed by atoms with Gasteiger partial charge >= 0.3 is 0 Å². The van der Waals surface area contributed by atoms with Crippen molar-refractivity contribution in [3.05, 3.63) is 71.8 Å². The van der Waals surface area contributed by atoms with Crippen LogP contribution in [0.25, 0.3) is 10.8 Å². The van der Waals surface area contributed by atoms with Crippen molar-refractivity contribution in [3.8, 4) is 5.75 Å². The molecule has 0 radical (unpaired) electrons. The van der Waals surface area contributed by atoms with Crippen molar-refractivity contribution in [2.45, 2.75) is 68.5 Å². The number of piperidine rings is 1. The Balaban J connectivity index is 1.07. The number of hydrogen-bond donors (Lipinski definition) is 1. The van der Waals surface area contributed by atoms with E-state index >= 15 is 0 Å². The van der Waals surface area contributed by atoms with Crippen molar-refractivity contribution >= 4 is 26.6 Å². The molecule has 2 fully saturated rings. The zero-order chi connectivity index (χ0) is 27.5. The number of likely N-dealkylation sites (tertiary alicyclic amines) is 1. The monoisotopic (exact) mass is 561 g/mol. The van der Waals surface area contributed by atoms with Crippen LogP contribution in [-0.2, 0) is 21.4 Å². The van der Waals surface area contributed by atoms with Gasteiger partial charge in [-0.05, 0) is 73.3 Å². The molecule has 3 aliphatic heterocycles. The summed E-state index contributed by atoms with van der Waals surface area (Å²) in [7, 11) is -3.67. The number of Topliss-reactive ketones (excluding diaryl/α,β-unsaturated/α-hetero) is 1. The lowest BCUT2D eigenvalue weighted by Crippen LogP contribution is -2.39. The molecule has 0 amide bonds. The number of sulfonamides is 1. The summed E-state index contributed by atoms with van der Waals surface area (Å²) in [5.74, 6) is 0.953. The number of nitrogens with one attached hydrogen (secondary N) is 1. The molecular weight excluding hydrogens is 522 g/mol. The van der Waals surface area contributed by atoms with Crippen molar-refractivity contribution in [3.63, 3.8) is 0 Å². The number of nitrogens with zero attached hydrogens (tertiary/aromatic N) is 2. The molecular formula is C32H39N3O4S. The fourth-order valence-corrected chi connectivity index (χ4v) is 8.21. The van der Waals surface area contributed by atoms with Gasteiger partial charge in [0.05, 0.1) is 18.0 Å². The second-order valence-electron chi connectivity index (χ2n) is 11.4. The fraction of sp³-hybridized carbons (Fsp3) is 0.469. The molecule has 0 unspecified atom stereocenters. The highest BCUT2D eigenvalue weighted by molar-refractivity contribution is 7.89. The van der Waals surface area contributed by atoms with Crippen LogP contribution in [0, 0.1) is 0 Å². The molecule has 3 aliphatic rings. The molecule has 3 aromatic rings. The number of carbonyl (C=O) groups is 1. The Bertz CT molecular complexity index is 1470. The summed E-state index contributed by atoms with van der Waals surface area (Å²) in [5, 5.41) is 5.36. The van der Waals surface area contributed by atoms with E-state index in [-0.39, 0.29) is 30.8 Å². The highest BCUT2D eigenvalue weighted by atomic mass is 32.2. The quantitative estimate of drug-likeness (QED) is 0.394. The van der Waals surface area contributed by atoms with Gasteiger partial charge < -0.3 is 10.1 Å². The number of rotatable bonds is 9. The first-order valence-electron chi connectivity index (χ1n) is 14.7. The minimum atomic E-state index is -3.67. The maximum Gasteiger partial charge on any atom is 0.243 e. The Hall–Kier alpha value is -2.78. The average molecular weight is 562 g/mol. The molecule has 0 bridgehead atoms. The minimum Gasteiger partial charge on any atom is -0.493 e. The molecule has 0 aromatic heterocycles. The highest BCUT2D eigenvalue weighted by Crippen LogP contribution is 2.34. The molecule has 3 heterocycles.